The number of phenolic OH excluding ortho intramolecular Hbond substituents is 1. The third-order valence-electron chi connectivity index (χ3n) is 4.69. The first-order valence-electron chi connectivity index (χ1n) is 8.69. The van der Waals surface area contributed by atoms with Gasteiger partial charge < -0.3 is 10.8 Å². The topological polar surface area (TPSA) is 124 Å². The monoisotopic (exact) mass is 402 g/mol. The van der Waals surface area contributed by atoms with Crippen LogP contribution < -0.4 is 5.73 Å². The lowest BCUT2D eigenvalue weighted by Gasteiger charge is -2.36. The maximum Gasteiger partial charge on any atom is 0.294 e. The molecule has 0 saturated heterocycles. The van der Waals surface area contributed by atoms with Crippen molar-refractivity contribution in [2.75, 3.05) is 0 Å². The zero-order valence-corrected chi connectivity index (χ0v) is 17.4. The molecule has 0 bridgehead atoms. The summed E-state index contributed by atoms with van der Waals surface area (Å²) in [5.41, 5.74) is 5.88. The van der Waals surface area contributed by atoms with Gasteiger partial charge in [-0.15, -0.1) is 0 Å². The zero-order chi connectivity index (χ0) is 20.1. The van der Waals surface area contributed by atoms with Gasteiger partial charge in [0, 0.05) is 11.3 Å². The van der Waals surface area contributed by atoms with Crippen molar-refractivity contribution in [2.24, 2.45) is 23.5 Å². The van der Waals surface area contributed by atoms with Crippen LogP contribution in [0.5, 0.6) is 5.75 Å². The Kier molecular flexibility index (Phi) is 8.43. The summed E-state index contributed by atoms with van der Waals surface area (Å²) in [4.78, 5) is -0.262. The van der Waals surface area contributed by atoms with E-state index >= 15 is 0 Å². The summed E-state index contributed by atoms with van der Waals surface area (Å²) < 4.78 is 30.0. The number of hydrogen-bond donors (Lipinski definition) is 4. The molecule has 0 aliphatic heterocycles. The first-order valence-corrected chi connectivity index (χ1v) is 11.0. The number of rotatable bonds is 3. The fourth-order valence-corrected chi connectivity index (χ4v) is 5.40. The Hall–Kier alpha value is -1.25. The molecule has 1 aromatic rings. The number of nitrogens with two attached hydrogens (primary N) is 1. The molecular formula is C18H30N2O4S2. The van der Waals surface area contributed by atoms with Crippen molar-refractivity contribution >= 4 is 27.0 Å². The molecular weight excluding hydrogens is 372 g/mol. The van der Waals surface area contributed by atoms with Gasteiger partial charge in [0.2, 0.25) is 0 Å². The second kappa shape index (κ2) is 9.62. The van der Waals surface area contributed by atoms with Gasteiger partial charge >= 0.3 is 0 Å². The van der Waals surface area contributed by atoms with Gasteiger partial charge in [0.15, 0.2) is 5.17 Å². The van der Waals surface area contributed by atoms with Crippen molar-refractivity contribution in [1.82, 2.24) is 0 Å². The van der Waals surface area contributed by atoms with Crippen LogP contribution in [0.4, 0.5) is 0 Å². The second-order valence-electron chi connectivity index (χ2n) is 7.27. The van der Waals surface area contributed by atoms with Crippen molar-refractivity contribution in [2.45, 2.75) is 57.1 Å². The Bertz CT molecular complexity index is 720. The van der Waals surface area contributed by atoms with Crippen molar-refractivity contribution in [3.8, 4) is 5.75 Å². The molecule has 1 saturated carbocycles. The van der Waals surface area contributed by atoms with Crippen LogP contribution >= 0.6 is 11.8 Å². The highest BCUT2D eigenvalue weighted by molar-refractivity contribution is 8.14. The summed E-state index contributed by atoms with van der Waals surface area (Å²) >= 11 is 1.58. The molecule has 0 unspecified atom stereocenters. The molecule has 3 atom stereocenters. The van der Waals surface area contributed by atoms with Crippen LogP contribution in [0.25, 0.3) is 0 Å². The van der Waals surface area contributed by atoms with Gasteiger partial charge in [0.05, 0.1) is 0 Å². The maximum absolute atomic E-state index is 10.7. The largest absolute Gasteiger partial charge is 0.508 e. The van der Waals surface area contributed by atoms with Gasteiger partial charge in [0.25, 0.3) is 10.1 Å². The minimum absolute atomic E-state index is 0.187. The molecule has 0 radical (unpaired) electrons. The van der Waals surface area contributed by atoms with E-state index in [-0.39, 0.29) is 15.8 Å². The molecule has 0 aromatic heterocycles. The van der Waals surface area contributed by atoms with Crippen LogP contribution in [-0.2, 0) is 10.1 Å². The lowest BCUT2D eigenvalue weighted by atomic mass is 9.77. The third-order valence-corrected chi connectivity index (χ3v) is 6.78. The molecule has 5 N–H and O–H groups in total. The van der Waals surface area contributed by atoms with Crippen LogP contribution in [-0.4, -0.2) is 28.5 Å². The highest BCUT2D eigenvalue weighted by Gasteiger charge is 2.31. The van der Waals surface area contributed by atoms with E-state index in [1.165, 1.54) is 38.3 Å². The lowest BCUT2D eigenvalue weighted by molar-refractivity contribution is 0.245. The molecule has 8 heteroatoms. The molecule has 148 valence electrons. The Balaban J connectivity index is 0.000000263. The predicted molar refractivity (Wildman–Crippen MR) is 107 cm³/mol. The van der Waals surface area contributed by atoms with E-state index in [9.17, 15) is 8.42 Å². The summed E-state index contributed by atoms with van der Waals surface area (Å²) in [6.07, 6.45) is 3.88. The lowest BCUT2D eigenvalue weighted by Crippen LogP contribution is -2.31. The van der Waals surface area contributed by atoms with E-state index < -0.39 is 10.1 Å². The van der Waals surface area contributed by atoms with E-state index in [1.54, 1.807) is 11.8 Å². The van der Waals surface area contributed by atoms with E-state index in [0.717, 1.165) is 23.8 Å². The van der Waals surface area contributed by atoms with Crippen molar-refractivity contribution in [3.05, 3.63) is 23.8 Å². The summed E-state index contributed by atoms with van der Waals surface area (Å²) in [7, 11) is -4.22. The fourth-order valence-electron chi connectivity index (χ4n) is 3.28. The number of amidine groups is 1. The fraction of sp³-hybridized carbons (Fsp3) is 0.611. The Labute approximate surface area is 160 Å². The maximum atomic E-state index is 10.7. The number of hydrogen-bond acceptors (Lipinski definition) is 5. The first kappa shape index (κ1) is 22.8. The van der Waals surface area contributed by atoms with Crippen LogP contribution in [0.1, 0.15) is 45.6 Å². The van der Waals surface area contributed by atoms with Gasteiger partial charge in [-0.05, 0) is 49.1 Å². The molecule has 1 aromatic carbocycles. The summed E-state index contributed by atoms with van der Waals surface area (Å²) in [6, 6.07) is 3.77. The van der Waals surface area contributed by atoms with Crippen LogP contribution in [0.15, 0.2) is 23.1 Å². The average Bonchev–Trinajstić information content (AvgIpc) is 2.48. The van der Waals surface area contributed by atoms with E-state index in [2.05, 4.69) is 20.8 Å². The van der Waals surface area contributed by atoms with Crippen molar-refractivity contribution < 1.29 is 18.1 Å². The molecule has 1 aliphatic rings. The molecule has 0 amide bonds. The normalized spacial score (nSPS) is 23.2. The second-order valence-corrected chi connectivity index (χ2v) is 9.94. The van der Waals surface area contributed by atoms with Crippen LogP contribution in [0.3, 0.4) is 0 Å². The van der Waals surface area contributed by atoms with E-state index in [1.807, 2.05) is 0 Å². The predicted octanol–water partition coefficient (Wildman–Crippen LogP) is 4.02. The van der Waals surface area contributed by atoms with Crippen LogP contribution in [0.2, 0.25) is 0 Å². The molecule has 1 fully saturated rings. The standard InChI is InChI=1S/C11H22N2S.C7H8O4S/c1-7(2)9-5-4-8(3)6-10(9)14-11(12)13;1-5-2-3-6(8)4-7(5)12(9,10)11/h7-10H,4-6H2,1-3H3,(H3,12,13);2-4,8H,1H3,(H,9,10,11)/t8-,9+,10+;/m1./s1. The molecule has 6 nitrogen and oxygen atoms in total. The molecule has 1 aliphatic carbocycles. The molecule has 26 heavy (non-hydrogen) atoms. The van der Waals surface area contributed by atoms with Gasteiger partial charge in [-0.2, -0.15) is 8.42 Å². The highest BCUT2D eigenvalue weighted by Crippen LogP contribution is 2.39. The molecule has 2 rings (SSSR count). The van der Waals surface area contributed by atoms with Gasteiger partial charge in [-0.25, -0.2) is 0 Å². The number of thioether (sulfide) groups is 1. The van der Waals surface area contributed by atoms with Gasteiger partial charge in [0.1, 0.15) is 10.6 Å². The summed E-state index contributed by atoms with van der Waals surface area (Å²) in [6.45, 7) is 8.41. The number of benzene rings is 1. The average molecular weight is 403 g/mol. The third kappa shape index (κ3) is 7.17. The van der Waals surface area contributed by atoms with E-state index in [0.29, 0.717) is 10.8 Å². The van der Waals surface area contributed by atoms with Gasteiger partial charge in [-0.1, -0.05) is 45.0 Å². The highest BCUT2D eigenvalue weighted by atomic mass is 32.2. The van der Waals surface area contributed by atoms with Gasteiger partial charge in [-0.3, -0.25) is 9.96 Å². The Morgan fingerprint density at radius 3 is 2.42 bits per heavy atom. The Morgan fingerprint density at radius 1 is 1.35 bits per heavy atom. The first-order chi connectivity index (χ1) is 11.9. The summed E-state index contributed by atoms with van der Waals surface area (Å²) in [5.74, 6) is 2.09. The van der Waals surface area contributed by atoms with Crippen molar-refractivity contribution in [3.63, 3.8) is 0 Å². The zero-order valence-electron chi connectivity index (χ0n) is 15.8. The number of aryl methyl sites for hydroxylation is 1. The van der Waals surface area contributed by atoms with Crippen LogP contribution in [0, 0.1) is 30.1 Å². The number of phenols is 1. The number of aromatic hydroxyl groups is 1. The molecule has 0 spiro atoms. The smallest absolute Gasteiger partial charge is 0.294 e. The minimum atomic E-state index is -4.22. The minimum Gasteiger partial charge on any atom is -0.508 e. The van der Waals surface area contributed by atoms with E-state index in [4.69, 9.17) is 20.8 Å². The quantitative estimate of drug-likeness (QED) is 0.344. The van der Waals surface area contributed by atoms with Crippen molar-refractivity contribution in [1.29, 1.82) is 5.41 Å². The SMILES string of the molecule is CC(C)[C@@H]1CC[C@@H](C)C[C@@H]1SC(=N)N.Cc1ccc(O)cc1S(=O)(=O)O. The Morgan fingerprint density at radius 2 is 1.96 bits per heavy atom. The summed E-state index contributed by atoms with van der Waals surface area (Å²) in [5, 5.41) is 17.2. The number of nitrogens with one attached hydrogen (secondary N) is 1. The molecule has 0 heterocycles.